The lowest BCUT2D eigenvalue weighted by atomic mass is 9.85. The number of aryl methyl sites for hydroxylation is 1. The van der Waals surface area contributed by atoms with Gasteiger partial charge in [-0.15, -0.1) is 0 Å². The Morgan fingerprint density at radius 3 is 2.50 bits per heavy atom. The maximum atomic E-state index is 8.57. The first-order valence-corrected chi connectivity index (χ1v) is 8.04. The Balaban J connectivity index is 1.94. The number of hydrogen-bond donors (Lipinski definition) is 1. The first-order valence-electron chi connectivity index (χ1n) is 8.04. The Bertz CT molecular complexity index is 702. The van der Waals surface area contributed by atoms with Crippen molar-refractivity contribution in [2.75, 3.05) is 13.2 Å². The predicted molar refractivity (Wildman–Crippen MR) is 96.7 cm³/mol. The van der Waals surface area contributed by atoms with E-state index in [-0.39, 0.29) is 5.41 Å². The van der Waals surface area contributed by atoms with Gasteiger partial charge in [-0.1, -0.05) is 55.8 Å². The predicted octanol–water partition coefficient (Wildman–Crippen LogP) is 4.56. The van der Waals surface area contributed by atoms with Gasteiger partial charge >= 0.3 is 0 Å². The molecule has 4 heteroatoms. The molecule has 2 aromatic rings. The van der Waals surface area contributed by atoms with E-state index in [9.17, 15) is 0 Å². The topological polar surface area (TPSA) is 51.0 Å². The van der Waals surface area contributed by atoms with E-state index in [0.717, 1.165) is 17.1 Å². The maximum absolute atomic E-state index is 8.57. The molecule has 0 saturated heterocycles. The second-order valence-electron chi connectivity index (χ2n) is 6.76. The highest BCUT2D eigenvalue weighted by Crippen LogP contribution is 2.32. The van der Waals surface area contributed by atoms with Crippen LogP contribution in [-0.2, 0) is 5.41 Å². The zero-order valence-corrected chi connectivity index (χ0v) is 14.7. The number of hydrogen-bond acceptors (Lipinski definition) is 4. The van der Waals surface area contributed by atoms with Crippen molar-refractivity contribution in [1.82, 2.24) is 0 Å². The van der Waals surface area contributed by atoms with E-state index in [2.05, 4.69) is 45.0 Å². The Morgan fingerprint density at radius 1 is 1.04 bits per heavy atom. The van der Waals surface area contributed by atoms with Crippen LogP contribution < -0.4 is 9.47 Å². The number of oxime groups is 1. The van der Waals surface area contributed by atoms with E-state index in [0.29, 0.717) is 13.2 Å². The Labute approximate surface area is 143 Å². The van der Waals surface area contributed by atoms with Gasteiger partial charge < -0.3 is 14.7 Å². The summed E-state index contributed by atoms with van der Waals surface area (Å²) in [6.07, 6.45) is 1.37. The molecule has 0 unspecified atom stereocenters. The largest absolute Gasteiger partial charge is 0.490 e. The fraction of sp³-hybridized carbons (Fsp3) is 0.350. The molecule has 0 saturated carbocycles. The van der Waals surface area contributed by atoms with Crippen molar-refractivity contribution < 1.29 is 14.7 Å². The van der Waals surface area contributed by atoms with Crippen LogP contribution in [0.15, 0.2) is 47.6 Å². The molecule has 0 heterocycles. The minimum atomic E-state index is 0.0279. The van der Waals surface area contributed by atoms with Crippen LogP contribution in [0.5, 0.6) is 11.5 Å². The molecule has 0 aliphatic carbocycles. The SMILES string of the molecule is Cc1ccc(OCCOc2cccc(C=NO)c2)c(C(C)(C)C)c1. The minimum Gasteiger partial charge on any atom is -0.490 e. The van der Waals surface area contributed by atoms with Crippen molar-refractivity contribution in [3.8, 4) is 11.5 Å². The highest BCUT2D eigenvalue weighted by atomic mass is 16.5. The van der Waals surface area contributed by atoms with E-state index in [1.807, 2.05) is 30.3 Å². The van der Waals surface area contributed by atoms with Crippen molar-refractivity contribution in [3.05, 3.63) is 59.2 Å². The van der Waals surface area contributed by atoms with Crippen molar-refractivity contribution in [3.63, 3.8) is 0 Å². The lowest BCUT2D eigenvalue weighted by molar-refractivity contribution is 0.214. The molecule has 0 radical (unpaired) electrons. The summed E-state index contributed by atoms with van der Waals surface area (Å²) in [7, 11) is 0. The van der Waals surface area contributed by atoms with E-state index in [1.54, 1.807) is 0 Å². The Morgan fingerprint density at radius 2 is 1.79 bits per heavy atom. The minimum absolute atomic E-state index is 0.0279. The van der Waals surface area contributed by atoms with Gasteiger partial charge in [0.05, 0.1) is 6.21 Å². The first kappa shape index (κ1) is 17.9. The third-order valence-corrected chi connectivity index (χ3v) is 3.62. The van der Waals surface area contributed by atoms with E-state index in [1.165, 1.54) is 17.3 Å². The quantitative estimate of drug-likeness (QED) is 0.366. The summed E-state index contributed by atoms with van der Waals surface area (Å²) in [5, 5.41) is 11.6. The summed E-state index contributed by atoms with van der Waals surface area (Å²) < 4.78 is 11.6. The third kappa shape index (κ3) is 5.01. The fourth-order valence-electron chi connectivity index (χ4n) is 2.42. The van der Waals surface area contributed by atoms with Gasteiger partial charge in [0.2, 0.25) is 0 Å². The van der Waals surface area contributed by atoms with Gasteiger partial charge in [0.25, 0.3) is 0 Å². The molecule has 128 valence electrons. The Hall–Kier alpha value is -2.49. The van der Waals surface area contributed by atoms with Gasteiger partial charge in [-0.3, -0.25) is 0 Å². The van der Waals surface area contributed by atoms with E-state index < -0.39 is 0 Å². The van der Waals surface area contributed by atoms with Crippen molar-refractivity contribution >= 4 is 6.21 Å². The highest BCUT2D eigenvalue weighted by Gasteiger charge is 2.19. The number of rotatable bonds is 6. The zero-order valence-electron chi connectivity index (χ0n) is 14.7. The average molecular weight is 327 g/mol. The molecule has 0 spiro atoms. The molecule has 0 aliphatic heterocycles. The van der Waals surface area contributed by atoms with Crippen LogP contribution in [0.4, 0.5) is 0 Å². The zero-order chi connectivity index (χ0) is 17.6. The summed E-state index contributed by atoms with van der Waals surface area (Å²) in [6, 6.07) is 13.6. The molecular weight excluding hydrogens is 302 g/mol. The molecule has 0 amide bonds. The number of ether oxygens (including phenoxy) is 2. The molecule has 0 aromatic heterocycles. The van der Waals surface area contributed by atoms with E-state index >= 15 is 0 Å². The second kappa shape index (κ2) is 7.86. The van der Waals surface area contributed by atoms with Gasteiger partial charge in [-0.2, -0.15) is 0 Å². The molecule has 24 heavy (non-hydrogen) atoms. The van der Waals surface area contributed by atoms with Crippen LogP contribution >= 0.6 is 0 Å². The van der Waals surface area contributed by atoms with Crippen LogP contribution in [0, 0.1) is 6.92 Å². The van der Waals surface area contributed by atoms with Crippen LogP contribution in [-0.4, -0.2) is 24.6 Å². The first-order chi connectivity index (χ1) is 11.4. The van der Waals surface area contributed by atoms with Crippen LogP contribution in [0.2, 0.25) is 0 Å². The molecule has 0 atom stereocenters. The lowest BCUT2D eigenvalue weighted by Crippen LogP contribution is -2.16. The van der Waals surface area contributed by atoms with Crippen molar-refractivity contribution in [1.29, 1.82) is 0 Å². The molecular formula is C20H25NO3. The van der Waals surface area contributed by atoms with Crippen LogP contribution in [0.3, 0.4) is 0 Å². The third-order valence-electron chi connectivity index (χ3n) is 3.62. The van der Waals surface area contributed by atoms with Crippen LogP contribution in [0.1, 0.15) is 37.5 Å². The molecule has 0 bridgehead atoms. The molecule has 1 N–H and O–H groups in total. The number of benzene rings is 2. The normalized spacial score (nSPS) is 11.7. The standard InChI is InChI=1S/C20H25NO3/c1-15-8-9-19(18(12-15)20(2,3)4)24-11-10-23-17-7-5-6-16(13-17)14-21-22/h5-9,12-14,22H,10-11H2,1-4H3. The van der Waals surface area contributed by atoms with Gasteiger partial charge in [0, 0.05) is 0 Å². The van der Waals surface area contributed by atoms with Crippen LogP contribution in [0.25, 0.3) is 0 Å². The van der Waals surface area contributed by atoms with Crippen molar-refractivity contribution in [2.45, 2.75) is 33.1 Å². The average Bonchev–Trinajstić information content (AvgIpc) is 2.52. The second-order valence-corrected chi connectivity index (χ2v) is 6.76. The van der Waals surface area contributed by atoms with Crippen molar-refractivity contribution in [2.24, 2.45) is 5.16 Å². The summed E-state index contributed by atoms with van der Waals surface area (Å²) in [6.45, 7) is 9.53. The van der Waals surface area contributed by atoms with Gasteiger partial charge in [-0.05, 0) is 41.7 Å². The molecule has 0 aliphatic rings. The fourth-order valence-corrected chi connectivity index (χ4v) is 2.42. The summed E-state index contributed by atoms with van der Waals surface area (Å²) in [5.41, 5.74) is 3.24. The van der Waals surface area contributed by atoms with Gasteiger partial charge in [0.1, 0.15) is 24.7 Å². The summed E-state index contributed by atoms with van der Waals surface area (Å²) in [4.78, 5) is 0. The molecule has 2 aromatic carbocycles. The Kier molecular flexibility index (Phi) is 5.85. The van der Waals surface area contributed by atoms with E-state index in [4.69, 9.17) is 14.7 Å². The number of nitrogens with zero attached hydrogens (tertiary/aromatic N) is 1. The molecule has 2 rings (SSSR count). The summed E-state index contributed by atoms with van der Waals surface area (Å²) in [5.74, 6) is 1.62. The van der Waals surface area contributed by atoms with Gasteiger partial charge in [-0.25, -0.2) is 0 Å². The van der Waals surface area contributed by atoms with Gasteiger partial charge in [0.15, 0.2) is 0 Å². The molecule has 0 fully saturated rings. The maximum Gasteiger partial charge on any atom is 0.123 e. The summed E-state index contributed by atoms with van der Waals surface area (Å²) >= 11 is 0. The monoisotopic (exact) mass is 327 g/mol. The molecule has 4 nitrogen and oxygen atoms in total. The highest BCUT2D eigenvalue weighted by molar-refractivity contribution is 5.79. The lowest BCUT2D eigenvalue weighted by Gasteiger charge is -2.23. The smallest absolute Gasteiger partial charge is 0.123 e.